The second-order valence-electron chi connectivity index (χ2n) is 26.3. The number of hydrogen-bond donors (Lipinski definition) is 3. The molecule has 0 heterocycles. The van der Waals surface area contributed by atoms with Crippen LogP contribution in [0.4, 0.5) is 0 Å². The van der Waals surface area contributed by atoms with Crippen LogP contribution in [0.5, 0.6) is 0 Å². The van der Waals surface area contributed by atoms with Crippen LogP contribution in [0.15, 0.2) is 12.2 Å². The number of rotatable bonds is 72. The molecule has 0 aliphatic rings. The minimum absolute atomic E-state index is 0.0194. The van der Waals surface area contributed by atoms with E-state index >= 15 is 0 Å². The molecule has 0 radical (unpaired) electrons. The number of nitrogens with one attached hydrogen (secondary N) is 1. The Morgan fingerprint density at radius 3 is 0.866 bits per heavy atom. The number of unbranched alkanes of at least 4 members (excludes halogenated alkanes) is 59. The predicted molar refractivity (Wildman–Crippen MR) is 361 cm³/mol. The Morgan fingerprint density at radius 2 is 0.573 bits per heavy atom. The van der Waals surface area contributed by atoms with Crippen molar-refractivity contribution < 1.29 is 24.5 Å². The van der Waals surface area contributed by atoms with Gasteiger partial charge in [0, 0.05) is 12.8 Å². The van der Waals surface area contributed by atoms with Crippen LogP contribution in [-0.4, -0.2) is 47.4 Å². The number of allylic oxidation sites excluding steroid dienone is 2. The molecule has 0 rings (SSSR count). The highest BCUT2D eigenvalue weighted by Gasteiger charge is 2.20. The lowest BCUT2D eigenvalue weighted by molar-refractivity contribution is -0.143. The van der Waals surface area contributed by atoms with Crippen molar-refractivity contribution in [3.63, 3.8) is 0 Å². The van der Waals surface area contributed by atoms with Crippen molar-refractivity contribution in [1.29, 1.82) is 0 Å². The lowest BCUT2D eigenvalue weighted by atomic mass is 10.0. The monoisotopic (exact) mass is 1160 g/mol. The molecular weight excluding hydrogens is 1010 g/mol. The Labute approximate surface area is 514 Å². The SMILES string of the molecule is CCCCCCCC/C=C\CCCCCCCCCC(=O)OCCCCCCCCCCCCCCCCCCCCCCCCCCCCCCCCCCCC(=O)NC(CO)C(O)CCCCCCCCCCCCCCCCC. The average Bonchev–Trinajstić information content (AvgIpc) is 3.48. The van der Waals surface area contributed by atoms with E-state index in [-0.39, 0.29) is 18.5 Å². The molecule has 0 fully saturated rings. The van der Waals surface area contributed by atoms with Crippen molar-refractivity contribution in [3.05, 3.63) is 12.2 Å². The van der Waals surface area contributed by atoms with Crippen LogP contribution in [0.3, 0.4) is 0 Å². The number of aliphatic hydroxyl groups excluding tert-OH is 2. The van der Waals surface area contributed by atoms with Gasteiger partial charge in [0.15, 0.2) is 0 Å². The first-order valence-electron chi connectivity index (χ1n) is 37.9. The van der Waals surface area contributed by atoms with Gasteiger partial charge in [0.25, 0.3) is 0 Å². The van der Waals surface area contributed by atoms with Crippen molar-refractivity contribution >= 4 is 11.9 Å². The fourth-order valence-corrected chi connectivity index (χ4v) is 12.3. The molecule has 0 aromatic carbocycles. The van der Waals surface area contributed by atoms with Crippen LogP contribution in [0, 0.1) is 0 Å². The maximum Gasteiger partial charge on any atom is 0.305 e. The van der Waals surface area contributed by atoms with Crippen LogP contribution in [0.2, 0.25) is 0 Å². The summed E-state index contributed by atoms with van der Waals surface area (Å²) in [6.07, 6.45) is 90.1. The molecule has 0 aromatic heterocycles. The molecule has 0 bridgehead atoms. The molecule has 0 aliphatic heterocycles. The van der Waals surface area contributed by atoms with Crippen molar-refractivity contribution in [2.45, 2.75) is 450 Å². The summed E-state index contributed by atoms with van der Waals surface area (Å²) in [5.74, 6) is -0.00701. The molecule has 0 saturated carbocycles. The fraction of sp³-hybridized carbons (Fsp3) is 0.947. The van der Waals surface area contributed by atoms with Crippen molar-refractivity contribution in [1.82, 2.24) is 5.32 Å². The second-order valence-corrected chi connectivity index (χ2v) is 26.3. The van der Waals surface area contributed by atoms with E-state index in [2.05, 4.69) is 31.3 Å². The molecule has 488 valence electrons. The molecule has 0 saturated heterocycles. The molecule has 0 aromatic rings. The predicted octanol–water partition coefficient (Wildman–Crippen LogP) is 24.7. The van der Waals surface area contributed by atoms with E-state index in [0.717, 1.165) is 38.5 Å². The van der Waals surface area contributed by atoms with Gasteiger partial charge >= 0.3 is 5.97 Å². The maximum absolute atomic E-state index is 12.5. The van der Waals surface area contributed by atoms with E-state index in [1.54, 1.807) is 0 Å². The Morgan fingerprint density at radius 1 is 0.329 bits per heavy atom. The normalized spacial score (nSPS) is 12.5. The minimum Gasteiger partial charge on any atom is -0.466 e. The third kappa shape index (κ3) is 67.7. The van der Waals surface area contributed by atoms with E-state index in [1.807, 2.05) is 0 Å². The summed E-state index contributed by atoms with van der Waals surface area (Å²) in [6, 6.07) is -0.537. The lowest BCUT2D eigenvalue weighted by Crippen LogP contribution is -2.45. The summed E-state index contributed by atoms with van der Waals surface area (Å²) in [7, 11) is 0. The zero-order valence-corrected chi connectivity index (χ0v) is 56.0. The third-order valence-corrected chi connectivity index (χ3v) is 18.1. The van der Waals surface area contributed by atoms with Gasteiger partial charge in [-0.3, -0.25) is 9.59 Å². The smallest absolute Gasteiger partial charge is 0.305 e. The first-order chi connectivity index (χ1) is 40.5. The molecule has 1 amide bonds. The Kier molecular flexibility index (Phi) is 70.8. The number of carbonyl (C=O) groups excluding carboxylic acids is 2. The van der Waals surface area contributed by atoms with Gasteiger partial charge in [0.1, 0.15) is 0 Å². The summed E-state index contributed by atoms with van der Waals surface area (Å²) in [6.45, 7) is 4.99. The minimum atomic E-state index is -0.660. The molecule has 6 nitrogen and oxygen atoms in total. The largest absolute Gasteiger partial charge is 0.466 e. The summed E-state index contributed by atoms with van der Waals surface area (Å²) >= 11 is 0. The van der Waals surface area contributed by atoms with Crippen LogP contribution >= 0.6 is 0 Å². The van der Waals surface area contributed by atoms with Gasteiger partial charge in [-0.25, -0.2) is 0 Å². The van der Waals surface area contributed by atoms with Crippen LogP contribution in [0.25, 0.3) is 0 Å². The first-order valence-corrected chi connectivity index (χ1v) is 37.9. The zero-order valence-electron chi connectivity index (χ0n) is 56.0. The van der Waals surface area contributed by atoms with E-state index in [1.165, 1.54) is 366 Å². The van der Waals surface area contributed by atoms with Gasteiger partial charge in [-0.2, -0.15) is 0 Å². The summed E-state index contributed by atoms with van der Waals surface area (Å²) in [5, 5.41) is 23.4. The van der Waals surface area contributed by atoms with Gasteiger partial charge in [0.2, 0.25) is 5.91 Å². The number of esters is 1. The molecule has 0 aliphatic carbocycles. The topological polar surface area (TPSA) is 95.9 Å². The van der Waals surface area contributed by atoms with E-state index < -0.39 is 12.1 Å². The summed E-state index contributed by atoms with van der Waals surface area (Å²) in [4.78, 5) is 24.6. The second kappa shape index (κ2) is 72.1. The number of carbonyl (C=O) groups is 2. The van der Waals surface area contributed by atoms with Gasteiger partial charge in [-0.05, 0) is 51.4 Å². The molecule has 6 heteroatoms. The standard InChI is InChI=1S/C76H149NO5/c1-3-5-7-9-11-13-15-17-19-37-42-46-50-54-58-62-66-70-76(81)82-71-67-63-59-55-51-47-43-39-36-34-32-30-28-26-24-22-20-21-23-25-27-29-31-33-35-38-41-45-49-53-57-61-65-69-75(80)77-73(72-78)74(79)68-64-60-56-52-48-44-40-18-16-14-12-10-8-6-4-2/h17,19,73-74,78-79H,3-16,18,20-72H2,1-2H3,(H,77,80)/b19-17-. The number of amides is 1. The third-order valence-electron chi connectivity index (χ3n) is 18.1. The molecule has 3 N–H and O–H groups in total. The summed E-state index contributed by atoms with van der Waals surface area (Å²) in [5.41, 5.74) is 0. The molecule has 2 atom stereocenters. The van der Waals surface area contributed by atoms with Crippen LogP contribution < -0.4 is 5.32 Å². The molecule has 0 spiro atoms. The Bertz CT molecular complexity index is 1240. The first kappa shape index (κ1) is 80.6. The average molecular weight is 1160 g/mol. The Hall–Kier alpha value is -1.40. The quantitative estimate of drug-likeness (QED) is 0.0320. The number of hydrogen-bond acceptors (Lipinski definition) is 5. The van der Waals surface area contributed by atoms with E-state index in [4.69, 9.17) is 4.74 Å². The number of ether oxygens (including phenoxy) is 1. The van der Waals surface area contributed by atoms with Gasteiger partial charge < -0.3 is 20.3 Å². The van der Waals surface area contributed by atoms with Gasteiger partial charge in [0.05, 0.1) is 25.4 Å². The van der Waals surface area contributed by atoms with Crippen LogP contribution in [0.1, 0.15) is 438 Å². The van der Waals surface area contributed by atoms with Crippen molar-refractivity contribution in [2.24, 2.45) is 0 Å². The van der Waals surface area contributed by atoms with Crippen molar-refractivity contribution in [3.8, 4) is 0 Å². The molecule has 82 heavy (non-hydrogen) atoms. The highest BCUT2D eigenvalue weighted by molar-refractivity contribution is 5.76. The highest BCUT2D eigenvalue weighted by Crippen LogP contribution is 2.20. The fourth-order valence-electron chi connectivity index (χ4n) is 12.3. The van der Waals surface area contributed by atoms with Crippen molar-refractivity contribution in [2.75, 3.05) is 13.2 Å². The molecular formula is C76H149NO5. The lowest BCUT2D eigenvalue weighted by Gasteiger charge is -2.22. The highest BCUT2D eigenvalue weighted by atomic mass is 16.5. The summed E-state index contributed by atoms with van der Waals surface area (Å²) < 4.78 is 5.51. The van der Waals surface area contributed by atoms with Crippen LogP contribution in [-0.2, 0) is 14.3 Å². The Balaban J connectivity index is 3.30. The van der Waals surface area contributed by atoms with Gasteiger partial charge in [-0.1, -0.05) is 386 Å². The van der Waals surface area contributed by atoms with Gasteiger partial charge in [-0.15, -0.1) is 0 Å². The maximum atomic E-state index is 12.5. The molecule has 2 unspecified atom stereocenters. The zero-order chi connectivity index (χ0) is 59.2. The van der Waals surface area contributed by atoms with E-state index in [9.17, 15) is 19.8 Å². The van der Waals surface area contributed by atoms with E-state index in [0.29, 0.717) is 25.9 Å². The number of aliphatic hydroxyl groups is 2.